The van der Waals surface area contributed by atoms with Crippen LogP contribution in [0.15, 0.2) is 54.7 Å². The Hall–Kier alpha value is -1.91. The van der Waals surface area contributed by atoms with Gasteiger partial charge in [0.15, 0.2) is 0 Å². The van der Waals surface area contributed by atoms with Gasteiger partial charge >= 0.3 is 0 Å². The van der Waals surface area contributed by atoms with Gasteiger partial charge in [0.05, 0.1) is 5.60 Å². The van der Waals surface area contributed by atoms with E-state index >= 15 is 0 Å². The largest absolute Gasteiger partial charge is 0.390 e. The standard InChI is InChI=1S/C24H33N3O/c1-23(20-8-3-2-4-9-20)13-11-21-18-24(28,14-17-27(21)19-23)12-7-16-26-22-10-5-6-15-25-22/h2-6,8-10,15,21,28H,7,11-14,16-19H2,1H3,(H,25,26). The van der Waals surface area contributed by atoms with Gasteiger partial charge in [-0.2, -0.15) is 0 Å². The molecule has 1 aromatic heterocycles. The number of aromatic nitrogens is 1. The zero-order chi connectivity index (χ0) is 19.5. The molecular weight excluding hydrogens is 346 g/mol. The fraction of sp³-hybridized carbons (Fsp3) is 0.542. The van der Waals surface area contributed by atoms with Gasteiger partial charge < -0.3 is 10.4 Å². The third-order valence-electron chi connectivity index (χ3n) is 6.84. The van der Waals surface area contributed by atoms with Gasteiger partial charge in [0.25, 0.3) is 0 Å². The number of rotatable bonds is 6. The first kappa shape index (κ1) is 19.4. The van der Waals surface area contributed by atoms with Gasteiger partial charge in [-0.3, -0.25) is 4.90 Å². The SMILES string of the molecule is CC1(c2ccccc2)CCC2CC(O)(CCCNc3ccccn3)CCN2C1. The zero-order valence-corrected chi connectivity index (χ0v) is 17.0. The maximum atomic E-state index is 11.2. The van der Waals surface area contributed by atoms with Crippen LogP contribution in [0.25, 0.3) is 0 Å². The van der Waals surface area contributed by atoms with E-state index in [-0.39, 0.29) is 5.41 Å². The van der Waals surface area contributed by atoms with E-state index in [1.165, 1.54) is 18.4 Å². The first-order valence-corrected chi connectivity index (χ1v) is 10.7. The van der Waals surface area contributed by atoms with Crippen molar-refractivity contribution in [3.8, 4) is 0 Å². The minimum Gasteiger partial charge on any atom is -0.390 e. The summed E-state index contributed by atoms with van der Waals surface area (Å²) in [4.78, 5) is 6.93. The first-order valence-electron chi connectivity index (χ1n) is 10.7. The molecule has 1 aromatic carbocycles. The van der Waals surface area contributed by atoms with E-state index in [4.69, 9.17) is 0 Å². The molecule has 0 bridgehead atoms. The number of fused-ring (bicyclic) bond motifs is 1. The fourth-order valence-corrected chi connectivity index (χ4v) is 5.11. The molecule has 2 aliphatic heterocycles. The predicted octanol–water partition coefficient (Wildman–Crippen LogP) is 4.22. The molecule has 0 radical (unpaired) electrons. The number of piperidine rings is 2. The van der Waals surface area contributed by atoms with Crippen molar-refractivity contribution in [2.45, 2.75) is 62.5 Å². The maximum Gasteiger partial charge on any atom is 0.125 e. The Balaban J connectivity index is 1.28. The van der Waals surface area contributed by atoms with Crippen LogP contribution in [0, 0.1) is 0 Å². The van der Waals surface area contributed by atoms with E-state index in [0.29, 0.717) is 6.04 Å². The molecule has 2 aromatic rings. The summed E-state index contributed by atoms with van der Waals surface area (Å²) in [6, 6.07) is 17.4. The highest BCUT2D eigenvalue weighted by atomic mass is 16.3. The van der Waals surface area contributed by atoms with Crippen LogP contribution in [0.4, 0.5) is 5.82 Å². The molecule has 3 unspecified atom stereocenters. The first-order chi connectivity index (χ1) is 13.6. The Labute approximate surface area is 169 Å². The van der Waals surface area contributed by atoms with E-state index in [9.17, 15) is 5.11 Å². The third kappa shape index (κ3) is 4.39. The normalized spacial score (nSPS) is 30.6. The molecule has 0 spiro atoms. The van der Waals surface area contributed by atoms with Crippen LogP contribution < -0.4 is 5.32 Å². The molecule has 4 nitrogen and oxygen atoms in total. The predicted molar refractivity (Wildman–Crippen MR) is 115 cm³/mol. The minimum atomic E-state index is -0.506. The van der Waals surface area contributed by atoms with E-state index in [0.717, 1.165) is 51.1 Å². The van der Waals surface area contributed by atoms with Crippen molar-refractivity contribution < 1.29 is 5.11 Å². The Bertz CT molecular complexity index is 753. The van der Waals surface area contributed by atoms with Crippen LogP contribution in [0.2, 0.25) is 0 Å². The smallest absolute Gasteiger partial charge is 0.125 e. The summed E-state index contributed by atoms with van der Waals surface area (Å²) >= 11 is 0. The summed E-state index contributed by atoms with van der Waals surface area (Å²) in [5.41, 5.74) is 1.18. The lowest BCUT2D eigenvalue weighted by Gasteiger charge is -2.51. The highest BCUT2D eigenvalue weighted by molar-refractivity contribution is 5.32. The van der Waals surface area contributed by atoms with Gasteiger partial charge in [0.1, 0.15) is 5.82 Å². The molecule has 4 heteroatoms. The highest BCUT2D eigenvalue weighted by Gasteiger charge is 2.44. The summed E-state index contributed by atoms with van der Waals surface area (Å²) in [5.74, 6) is 0.914. The summed E-state index contributed by atoms with van der Waals surface area (Å²) in [7, 11) is 0. The van der Waals surface area contributed by atoms with Gasteiger partial charge in [0, 0.05) is 37.3 Å². The van der Waals surface area contributed by atoms with Gasteiger partial charge in [-0.25, -0.2) is 4.98 Å². The molecule has 2 saturated heterocycles. The van der Waals surface area contributed by atoms with Crippen LogP contribution >= 0.6 is 0 Å². The lowest BCUT2D eigenvalue weighted by Crippen LogP contribution is -2.57. The second-order valence-electron chi connectivity index (χ2n) is 9.01. The number of nitrogens with one attached hydrogen (secondary N) is 1. The molecule has 4 rings (SSSR count). The summed E-state index contributed by atoms with van der Waals surface area (Å²) in [6.45, 7) is 5.39. The second kappa shape index (κ2) is 8.22. The molecule has 2 fully saturated rings. The number of anilines is 1. The van der Waals surface area contributed by atoms with Crippen molar-refractivity contribution in [2.75, 3.05) is 25.0 Å². The number of aliphatic hydroxyl groups is 1. The van der Waals surface area contributed by atoms with Crippen LogP contribution in [0.3, 0.4) is 0 Å². The summed E-state index contributed by atoms with van der Waals surface area (Å²) < 4.78 is 0. The lowest BCUT2D eigenvalue weighted by atomic mass is 9.70. The van der Waals surface area contributed by atoms with Crippen molar-refractivity contribution in [3.63, 3.8) is 0 Å². The van der Waals surface area contributed by atoms with Crippen molar-refractivity contribution >= 4 is 5.82 Å². The average molecular weight is 380 g/mol. The summed E-state index contributed by atoms with van der Waals surface area (Å²) in [5, 5.41) is 14.5. The Morgan fingerprint density at radius 3 is 2.75 bits per heavy atom. The second-order valence-corrected chi connectivity index (χ2v) is 9.01. The molecule has 0 amide bonds. The molecule has 150 valence electrons. The van der Waals surface area contributed by atoms with E-state index in [2.05, 4.69) is 52.5 Å². The monoisotopic (exact) mass is 379 g/mol. The van der Waals surface area contributed by atoms with Gasteiger partial charge in [-0.1, -0.05) is 43.3 Å². The number of hydrogen-bond acceptors (Lipinski definition) is 4. The minimum absolute atomic E-state index is 0.236. The van der Waals surface area contributed by atoms with Crippen LogP contribution in [0.5, 0.6) is 0 Å². The maximum absolute atomic E-state index is 11.2. The molecule has 28 heavy (non-hydrogen) atoms. The number of benzene rings is 1. The van der Waals surface area contributed by atoms with Gasteiger partial charge in [0.2, 0.25) is 0 Å². The topological polar surface area (TPSA) is 48.4 Å². The fourth-order valence-electron chi connectivity index (χ4n) is 5.11. The molecule has 3 heterocycles. The Morgan fingerprint density at radius 2 is 1.96 bits per heavy atom. The Kier molecular flexibility index (Phi) is 5.70. The van der Waals surface area contributed by atoms with Gasteiger partial charge in [-0.05, 0) is 56.2 Å². The Morgan fingerprint density at radius 1 is 1.14 bits per heavy atom. The lowest BCUT2D eigenvalue weighted by molar-refractivity contribution is -0.0715. The van der Waals surface area contributed by atoms with Crippen molar-refractivity contribution in [3.05, 3.63) is 60.3 Å². The van der Waals surface area contributed by atoms with E-state index in [1.807, 2.05) is 18.2 Å². The number of hydrogen-bond donors (Lipinski definition) is 2. The van der Waals surface area contributed by atoms with E-state index < -0.39 is 5.60 Å². The quantitative estimate of drug-likeness (QED) is 0.738. The van der Waals surface area contributed by atoms with Gasteiger partial charge in [-0.15, -0.1) is 0 Å². The average Bonchev–Trinajstić information content (AvgIpc) is 2.73. The zero-order valence-electron chi connectivity index (χ0n) is 17.0. The molecule has 0 aliphatic carbocycles. The number of pyridine rings is 1. The van der Waals surface area contributed by atoms with Crippen molar-refractivity contribution in [1.29, 1.82) is 0 Å². The van der Waals surface area contributed by atoms with Crippen LogP contribution in [-0.2, 0) is 5.41 Å². The molecule has 2 aliphatic rings. The molecule has 0 saturated carbocycles. The molecule has 2 N–H and O–H groups in total. The van der Waals surface area contributed by atoms with Crippen LogP contribution in [-0.4, -0.2) is 46.3 Å². The van der Waals surface area contributed by atoms with Crippen LogP contribution in [0.1, 0.15) is 51.0 Å². The van der Waals surface area contributed by atoms with Crippen molar-refractivity contribution in [2.24, 2.45) is 0 Å². The van der Waals surface area contributed by atoms with Crippen molar-refractivity contribution in [1.82, 2.24) is 9.88 Å². The third-order valence-corrected chi connectivity index (χ3v) is 6.84. The number of nitrogens with zero attached hydrogens (tertiary/aromatic N) is 2. The highest BCUT2D eigenvalue weighted by Crippen LogP contribution is 2.41. The molecule has 3 atom stereocenters. The molecular formula is C24H33N3O. The summed E-state index contributed by atoms with van der Waals surface area (Å²) in [6.07, 6.45) is 7.83. The van der Waals surface area contributed by atoms with E-state index in [1.54, 1.807) is 6.20 Å².